The monoisotopic (exact) mass is 496 g/mol. The summed E-state index contributed by atoms with van der Waals surface area (Å²) in [7, 11) is 0. The fourth-order valence-electron chi connectivity index (χ4n) is 4.22. The van der Waals surface area contributed by atoms with Gasteiger partial charge in [0.1, 0.15) is 12.3 Å². The number of hydrazine groups is 2. The Labute approximate surface area is 205 Å². The minimum Gasteiger partial charge on any atom is -0.481 e. The van der Waals surface area contributed by atoms with Gasteiger partial charge >= 0.3 is 12.0 Å². The number of fused-ring (bicyclic) bond motifs is 2. The second kappa shape index (κ2) is 10.4. The number of urea groups is 1. The normalized spacial score (nSPS) is 18.8. The number of hydrogen-bond acceptors (Lipinski definition) is 7. The van der Waals surface area contributed by atoms with Crippen LogP contribution in [0.15, 0.2) is 36.5 Å². The van der Waals surface area contributed by atoms with E-state index >= 15 is 0 Å². The van der Waals surface area contributed by atoms with Crippen molar-refractivity contribution in [3.05, 3.63) is 42.1 Å². The molecule has 1 aromatic heterocycles. The number of hydrogen-bond donors (Lipinski definition) is 3. The van der Waals surface area contributed by atoms with Crippen molar-refractivity contribution in [1.29, 1.82) is 0 Å². The van der Waals surface area contributed by atoms with Gasteiger partial charge in [0.2, 0.25) is 11.8 Å². The Kier molecular flexibility index (Phi) is 7.08. The third kappa shape index (κ3) is 5.09. The molecule has 0 radical (unpaired) electrons. The number of carboxylic acid groups (broad SMARTS) is 1. The first-order valence-electron chi connectivity index (χ1n) is 11.3. The number of benzene rings is 1. The zero-order valence-electron chi connectivity index (χ0n) is 19.1. The average molecular weight is 496 g/mol. The topological polar surface area (TPSA) is 169 Å². The molecule has 5 amide bonds. The third-order valence-corrected chi connectivity index (χ3v) is 5.96. The molecule has 0 saturated carbocycles. The second-order valence-corrected chi connectivity index (χ2v) is 8.40. The number of carboxylic acids is 1. The SMILES string of the molecule is O=C[C@H](CC(=O)O)NC(=O)[C@@H]1CCCN2C(=O)CCN(NC(=O)c3ccc4ncccc4c3)C(=O)N12. The molecule has 0 unspecified atom stereocenters. The molecule has 4 rings (SSSR count). The summed E-state index contributed by atoms with van der Waals surface area (Å²) >= 11 is 0. The molecule has 2 atom stereocenters. The van der Waals surface area contributed by atoms with E-state index in [1.807, 2.05) is 0 Å². The fourth-order valence-corrected chi connectivity index (χ4v) is 4.22. The quantitative estimate of drug-likeness (QED) is 0.452. The summed E-state index contributed by atoms with van der Waals surface area (Å²) in [5, 5.41) is 15.1. The summed E-state index contributed by atoms with van der Waals surface area (Å²) in [5.74, 6) is -3.05. The zero-order chi connectivity index (χ0) is 25.8. The minimum atomic E-state index is -1.29. The van der Waals surface area contributed by atoms with Crippen molar-refractivity contribution < 1.29 is 33.9 Å². The molecule has 0 spiro atoms. The van der Waals surface area contributed by atoms with Crippen LogP contribution < -0.4 is 10.7 Å². The summed E-state index contributed by atoms with van der Waals surface area (Å²) in [6, 6.07) is 5.12. The van der Waals surface area contributed by atoms with Crippen molar-refractivity contribution in [2.75, 3.05) is 13.1 Å². The lowest BCUT2D eigenvalue weighted by Gasteiger charge is -2.42. The number of carbonyl (C=O) groups excluding carboxylic acids is 5. The number of aldehydes is 1. The Bertz CT molecular complexity index is 1230. The van der Waals surface area contributed by atoms with Gasteiger partial charge in [-0.25, -0.2) is 19.8 Å². The Hall–Kier alpha value is -4.55. The van der Waals surface area contributed by atoms with Gasteiger partial charge in [0.05, 0.1) is 24.5 Å². The number of amides is 5. The summed E-state index contributed by atoms with van der Waals surface area (Å²) < 4.78 is 0. The van der Waals surface area contributed by atoms with Gasteiger partial charge in [-0.05, 0) is 37.1 Å². The van der Waals surface area contributed by atoms with Crippen LogP contribution in [0, 0.1) is 0 Å². The van der Waals surface area contributed by atoms with Crippen LogP contribution in [-0.4, -0.2) is 86.3 Å². The van der Waals surface area contributed by atoms with Crippen LogP contribution in [0.4, 0.5) is 4.79 Å². The van der Waals surface area contributed by atoms with E-state index in [1.165, 1.54) is 0 Å². The fraction of sp³-hybridized carbons (Fsp3) is 0.348. The molecule has 13 heteroatoms. The lowest BCUT2D eigenvalue weighted by atomic mass is 10.1. The van der Waals surface area contributed by atoms with Gasteiger partial charge in [-0.15, -0.1) is 0 Å². The maximum absolute atomic E-state index is 13.4. The van der Waals surface area contributed by atoms with E-state index in [9.17, 15) is 28.8 Å². The van der Waals surface area contributed by atoms with E-state index in [2.05, 4.69) is 15.7 Å². The molecule has 0 bridgehead atoms. The van der Waals surface area contributed by atoms with E-state index in [4.69, 9.17) is 5.11 Å². The number of rotatable bonds is 7. The van der Waals surface area contributed by atoms with Gasteiger partial charge < -0.3 is 15.2 Å². The summed E-state index contributed by atoms with van der Waals surface area (Å²) in [4.78, 5) is 78.5. The highest BCUT2D eigenvalue weighted by molar-refractivity contribution is 5.99. The molecular weight excluding hydrogens is 472 g/mol. The molecule has 3 N–H and O–H groups in total. The van der Waals surface area contributed by atoms with E-state index in [0.717, 1.165) is 20.4 Å². The van der Waals surface area contributed by atoms with Crippen LogP contribution in [0.25, 0.3) is 10.9 Å². The Morgan fingerprint density at radius 3 is 2.75 bits per heavy atom. The number of pyridine rings is 1. The Balaban J connectivity index is 1.54. The Morgan fingerprint density at radius 1 is 1.19 bits per heavy atom. The first kappa shape index (κ1) is 24.6. The lowest BCUT2D eigenvalue weighted by molar-refractivity contribution is -0.155. The van der Waals surface area contributed by atoms with Crippen molar-refractivity contribution >= 4 is 46.9 Å². The average Bonchev–Trinajstić information content (AvgIpc) is 2.99. The maximum atomic E-state index is 13.4. The molecule has 3 heterocycles. The molecule has 2 saturated heterocycles. The van der Waals surface area contributed by atoms with Crippen molar-refractivity contribution in [2.24, 2.45) is 0 Å². The van der Waals surface area contributed by atoms with E-state index < -0.39 is 48.2 Å². The predicted octanol–water partition coefficient (Wildman–Crippen LogP) is 0.0717. The molecule has 13 nitrogen and oxygen atoms in total. The van der Waals surface area contributed by atoms with Crippen LogP contribution in [0.3, 0.4) is 0 Å². The van der Waals surface area contributed by atoms with Gasteiger partial charge in [0.15, 0.2) is 0 Å². The molecule has 36 heavy (non-hydrogen) atoms. The van der Waals surface area contributed by atoms with Crippen molar-refractivity contribution in [2.45, 2.75) is 37.8 Å². The molecule has 0 aliphatic carbocycles. The van der Waals surface area contributed by atoms with Crippen LogP contribution >= 0.6 is 0 Å². The van der Waals surface area contributed by atoms with Crippen molar-refractivity contribution in [1.82, 2.24) is 30.8 Å². The number of nitrogens with one attached hydrogen (secondary N) is 2. The Morgan fingerprint density at radius 2 is 2.00 bits per heavy atom. The second-order valence-electron chi connectivity index (χ2n) is 8.40. The first-order chi connectivity index (χ1) is 17.3. The van der Waals surface area contributed by atoms with E-state index in [0.29, 0.717) is 18.2 Å². The lowest BCUT2D eigenvalue weighted by Crippen LogP contribution is -2.64. The molecule has 2 aromatic rings. The molecule has 2 aliphatic heterocycles. The highest BCUT2D eigenvalue weighted by Crippen LogP contribution is 2.24. The standard InChI is InChI=1S/C23H24N6O7/c30-13-16(12-20(32)33)25-22(35)18-4-2-9-28-19(31)7-10-27(23(36)29(18)28)26-21(34)15-5-6-17-14(11-15)3-1-8-24-17/h1,3,5-6,8,11,13,16,18H,2,4,7,9-10,12H2,(H,25,35)(H,26,34)(H,32,33)/t16-,18-/m0/s1. The smallest absolute Gasteiger partial charge is 0.358 e. The molecule has 1 aromatic carbocycles. The van der Waals surface area contributed by atoms with Gasteiger partial charge in [0.25, 0.3) is 5.91 Å². The van der Waals surface area contributed by atoms with Crippen molar-refractivity contribution in [3.63, 3.8) is 0 Å². The van der Waals surface area contributed by atoms with E-state index in [-0.39, 0.29) is 31.5 Å². The van der Waals surface area contributed by atoms with Gasteiger partial charge in [-0.1, -0.05) is 6.07 Å². The summed E-state index contributed by atoms with van der Waals surface area (Å²) in [6.07, 6.45) is 1.81. The van der Waals surface area contributed by atoms with Gasteiger partial charge in [0, 0.05) is 30.1 Å². The number of aromatic nitrogens is 1. The van der Waals surface area contributed by atoms with Gasteiger partial charge in [-0.2, -0.15) is 0 Å². The van der Waals surface area contributed by atoms with E-state index in [1.54, 1.807) is 36.5 Å². The molecule has 2 aliphatic rings. The third-order valence-electron chi connectivity index (χ3n) is 5.96. The van der Waals surface area contributed by atoms with Crippen molar-refractivity contribution in [3.8, 4) is 0 Å². The molecular formula is C23H24N6O7. The maximum Gasteiger partial charge on any atom is 0.358 e. The highest BCUT2D eigenvalue weighted by Gasteiger charge is 2.44. The van der Waals surface area contributed by atoms with Crippen LogP contribution in [0.5, 0.6) is 0 Å². The number of nitrogens with zero attached hydrogens (tertiary/aromatic N) is 4. The van der Waals surface area contributed by atoms with Crippen LogP contribution in [-0.2, 0) is 19.2 Å². The summed E-state index contributed by atoms with van der Waals surface area (Å²) in [6.45, 7) is 0.0793. The zero-order valence-corrected chi connectivity index (χ0v) is 19.1. The first-order valence-corrected chi connectivity index (χ1v) is 11.3. The number of carbonyl (C=O) groups is 6. The largest absolute Gasteiger partial charge is 0.481 e. The predicted molar refractivity (Wildman–Crippen MR) is 123 cm³/mol. The van der Waals surface area contributed by atoms with Crippen LogP contribution in [0.2, 0.25) is 0 Å². The van der Waals surface area contributed by atoms with Gasteiger partial charge in [-0.3, -0.25) is 29.6 Å². The molecule has 2 fully saturated rings. The molecule has 188 valence electrons. The van der Waals surface area contributed by atoms with Crippen LogP contribution in [0.1, 0.15) is 36.0 Å². The highest BCUT2D eigenvalue weighted by atomic mass is 16.4. The minimum absolute atomic E-state index is 0.0888. The number of aliphatic carboxylic acids is 1. The summed E-state index contributed by atoms with van der Waals surface area (Å²) in [5.41, 5.74) is 3.48.